The molecule has 0 aliphatic carbocycles. The van der Waals surface area contributed by atoms with Crippen molar-refractivity contribution in [2.45, 2.75) is 45.6 Å². The van der Waals surface area contributed by atoms with E-state index in [1.54, 1.807) is 0 Å². The fourth-order valence-corrected chi connectivity index (χ4v) is 2.17. The number of nitrogens with one attached hydrogen (secondary N) is 1. The monoisotopic (exact) mass is 270 g/mol. The molecule has 1 N–H and O–H groups in total. The summed E-state index contributed by atoms with van der Waals surface area (Å²) in [6.45, 7) is 7.31. The summed E-state index contributed by atoms with van der Waals surface area (Å²) in [5, 5.41) is 2.91. The van der Waals surface area contributed by atoms with E-state index in [-0.39, 0.29) is 11.9 Å². The molecule has 1 rings (SSSR count). The van der Waals surface area contributed by atoms with Crippen LogP contribution in [0.5, 0.6) is 0 Å². The van der Waals surface area contributed by atoms with Gasteiger partial charge in [-0.05, 0) is 19.4 Å². The summed E-state index contributed by atoms with van der Waals surface area (Å²) >= 11 is 0. The summed E-state index contributed by atoms with van der Waals surface area (Å²) in [5.74, 6) is 0.337. The lowest BCUT2D eigenvalue weighted by Gasteiger charge is -2.34. The van der Waals surface area contributed by atoms with Crippen LogP contribution in [-0.4, -0.2) is 55.5 Å². The highest BCUT2D eigenvalue weighted by atomic mass is 16.5. The smallest absolute Gasteiger partial charge is 0.239 e. The fourth-order valence-electron chi connectivity index (χ4n) is 2.17. The van der Waals surface area contributed by atoms with Crippen molar-refractivity contribution < 1.29 is 14.3 Å². The van der Waals surface area contributed by atoms with Crippen molar-refractivity contribution in [2.75, 3.05) is 32.8 Å². The van der Waals surface area contributed by atoms with Crippen LogP contribution < -0.4 is 5.32 Å². The van der Waals surface area contributed by atoms with Crippen LogP contribution in [0.1, 0.15) is 39.5 Å². The minimum atomic E-state index is -0.197. The molecule has 1 fully saturated rings. The van der Waals surface area contributed by atoms with Gasteiger partial charge >= 0.3 is 0 Å². The number of hydrogen-bond acceptors (Lipinski definition) is 4. The van der Waals surface area contributed by atoms with Crippen LogP contribution in [0.15, 0.2) is 0 Å². The number of nitrogens with zero attached hydrogens (tertiary/aromatic N) is 1. The SMILES string of the molecule is CCCNC(=O)C1COCCN1CCCC(=O)CC. The Morgan fingerprint density at radius 2 is 2.16 bits per heavy atom. The van der Waals surface area contributed by atoms with Crippen molar-refractivity contribution in [1.29, 1.82) is 0 Å². The molecule has 0 aromatic heterocycles. The first-order valence-corrected chi connectivity index (χ1v) is 7.30. The molecule has 1 heterocycles. The van der Waals surface area contributed by atoms with Crippen LogP contribution in [0, 0.1) is 0 Å². The van der Waals surface area contributed by atoms with Gasteiger partial charge in [0.25, 0.3) is 0 Å². The van der Waals surface area contributed by atoms with Crippen LogP contribution >= 0.6 is 0 Å². The Labute approximate surface area is 115 Å². The van der Waals surface area contributed by atoms with E-state index in [4.69, 9.17) is 4.74 Å². The van der Waals surface area contributed by atoms with Gasteiger partial charge in [-0.25, -0.2) is 0 Å². The Kier molecular flexibility index (Phi) is 7.67. The highest BCUT2D eigenvalue weighted by molar-refractivity contribution is 5.82. The van der Waals surface area contributed by atoms with Crippen molar-refractivity contribution >= 4 is 11.7 Å². The molecule has 1 aliphatic rings. The number of carbonyl (C=O) groups is 2. The van der Waals surface area contributed by atoms with E-state index in [2.05, 4.69) is 10.2 Å². The lowest BCUT2D eigenvalue weighted by molar-refractivity contribution is -0.132. The third kappa shape index (κ3) is 5.70. The minimum Gasteiger partial charge on any atom is -0.378 e. The summed E-state index contributed by atoms with van der Waals surface area (Å²) in [5.41, 5.74) is 0. The van der Waals surface area contributed by atoms with Gasteiger partial charge in [-0.1, -0.05) is 13.8 Å². The van der Waals surface area contributed by atoms with Gasteiger partial charge in [0.15, 0.2) is 0 Å². The van der Waals surface area contributed by atoms with E-state index in [9.17, 15) is 9.59 Å². The average Bonchev–Trinajstić information content (AvgIpc) is 2.45. The Balaban J connectivity index is 2.39. The fraction of sp³-hybridized carbons (Fsp3) is 0.857. The van der Waals surface area contributed by atoms with E-state index in [1.165, 1.54) is 0 Å². The lowest BCUT2D eigenvalue weighted by Crippen LogP contribution is -2.54. The van der Waals surface area contributed by atoms with Crippen molar-refractivity contribution in [2.24, 2.45) is 0 Å². The number of amides is 1. The molecule has 110 valence electrons. The quantitative estimate of drug-likeness (QED) is 0.714. The molecule has 0 spiro atoms. The second kappa shape index (κ2) is 9.04. The summed E-state index contributed by atoms with van der Waals surface area (Å²) in [4.78, 5) is 25.4. The van der Waals surface area contributed by atoms with Gasteiger partial charge in [-0.2, -0.15) is 0 Å². The maximum Gasteiger partial charge on any atom is 0.239 e. The van der Waals surface area contributed by atoms with Crippen LogP contribution in [-0.2, 0) is 14.3 Å². The zero-order chi connectivity index (χ0) is 14.1. The van der Waals surface area contributed by atoms with Gasteiger partial charge in [0.1, 0.15) is 11.8 Å². The number of carbonyl (C=O) groups excluding carboxylic acids is 2. The van der Waals surface area contributed by atoms with Gasteiger partial charge in [0, 0.05) is 25.9 Å². The second-order valence-electron chi connectivity index (χ2n) is 4.91. The Bertz CT molecular complexity index is 294. The molecule has 0 aromatic carbocycles. The third-order valence-corrected chi connectivity index (χ3v) is 3.39. The third-order valence-electron chi connectivity index (χ3n) is 3.39. The van der Waals surface area contributed by atoms with E-state index in [0.717, 1.165) is 25.9 Å². The standard InChI is InChI=1S/C14H26N2O3/c1-3-7-15-14(18)13-11-19-10-9-16(13)8-5-6-12(17)4-2/h13H,3-11H2,1-2H3,(H,15,18). The summed E-state index contributed by atoms with van der Waals surface area (Å²) in [6, 6.07) is -0.197. The first-order valence-electron chi connectivity index (χ1n) is 7.30. The number of rotatable bonds is 8. The molecule has 1 aliphatic heterocycles. The zero-order valence-corrected chi connectivity index (χ0v) is 12.1. The minimum absolute atomic E-state index is 0.0448. The average molecular weight is 270 g/mol. The maximum atomic E-state index is 12.0. The predicted octanol–water partition coefficient (Wildman–Crippen LogP) is 0.973. The van der Waals surface area contributed by atoms with Crippen LogP contribution in [0.25, 0.3) is 0 Å². The first kappa shape index (κ1) is 16.1. The largest absolute Gasteiger partial charge is 0.378 e. The Morgan fingerprint density at radius 1 is 1.37 bits per heavy atom. The van der Waals surface area contributed by atoms with Crippen molar-refractivity contribution in [3.63, 3.8) is 0 Å². The second-order valence-corrected chi connectivity index (χ2v) is 4.91. The van der Waals surface area contributed by atoms with Gasteiger partial charge in [0.05, 0.1) is 13.2 Å². The molecule has 0 aromatic rings. The molecule has 0 bridgehead atoms. The molecule has 5 heteroatoms. The normalized spacial score (nSPS) is 20.2. The van der Waals surface area contributed by atoms with E-state index in [1.807, 2.05) is 13.8 Å². The number of Topliss-reactive ketones (excluding diaryl/α,β-unsaturated/α-hetero) is 1. The van der Waals surface area contributed by atoms with Gasteiger partial charge < -0.3 is 10.1 Å². The summed E-state index contributed by atoms with van der Waals surface area (Å²) < 4.78 is 5.39. The van der Waals surface area contributed by atoms with Crippen LogP contribution in [0.4, 0.5) is 0 Å². The molecule has 1 atom stereocenters. The van der Waals surface area contributed by atoms with E-state index in [0.29, 0.717) is 38.4 Å². The van der Waals surface area contributed by atoms with E-state index >= 15 is 0 Å². The Morgan fingerprint density at radius 3 is 2.84 bits per heavy atom. The molecular weight excluding hydrogens is 244 g/mol. The van der Waals surface area contributed by atoms with Crippen molar-refractivity contribution in [3.05, 3.63) is 0 Å². The molecule has 19 heavy (non-hydrogen) atoms. The number of morpholine rings is 1. The predicted molar refractivity (Wildman–Crippen MR) is 74.0 cm³/mol. The van der Waals surface area contributed by atoms with Gasteiger partial charge in [-0.15, -0.1) is 0 Å². The molecule has 0 radical (unpaired) electrons. The summed E-state index contributed by atoms with van der Waals surface area (Å²) in [6.07, 6.45) is 2.97. The Hall–Kier alpha value is -0.940. The maximum absolute atomic E-state index is 12.0. The molecule has 0 saturated carbocycles. The zero-order valence-electron chi connectivity index (χ0n) is 12.1. The molecule has 1 unspecified atom stereocenters. The van der Waals surface area contributed by atoms with Crippen LogP contribution in [0.2, 0.25) is 0 Å². The highest BCUT2D eigenvalue weighted by Gasteiger charge is 2.28. The first-order chi connectivity index (χ1) is 9.19. The lowest BCUT2D eigenvalue weighted by atomic mass is 10.1. The topological polar surface area (TPSA) is 58.6 Å². The highest BCUT2D eigenvalue weighted by Crippen LogP contribution is 2.09. The molecular formula is C14H26N2O3. The number of ketones is 1. The number of ether oxygens (including phenoxy) is 1. The molecule has 1 amide bonds. The van der Waals surface area contributed by atoms with Crippen molar-refractivity contribution in [1.82, 2.24) is 10.2 Å². The van der Waals surface area contributed by atoms with Gasteiger partial charge in [-0.3, -0.25) is 14.5 Å². The van der Waals surface area contributed by atoms with Crippen LogP contribution in [0.3, 0.4) is 0 Å². The number of hydrogen-bond donors (Lipinski definition) is 1. The van der Waals surface area contributed by atoms with E-state index < -0.39 is 0 Å². The van der Waals surface area contributed by atoms with Gasteiger partial charge in [0.2, 0.25) is 5.91 Å². The van der Waals surface area contributed by atoms with Crippen molar-refractivity contribution in [3.8, 4) is 0 Å². The molecule has 1 saturated heterocycles. The summed E-state index contributed by atoms with van der Waals surface area (Å²) in [7, 11) is 0. The molecule has 5 nitrogen and oxygen atoms in total.